The number of anilines is 1. The highest BCUT2D eigenvalue weighted by Gasteiger charge is 2.23. The Balaban J connectivity index is 1.82. The molecule has 0 aromatic carbocycles. The number of nitrogens with zero attached hydrogens (tertiary/aromatic N) is 2. The minimum absolute atomic E-state index is 0.142. The maximum absolute atomic E-state index is 12.4. The van der Waals surface area contributed by atoms with Crippen LogP contribution >= 0.6 is 11.6 Å². The van der Waals surface area contributed by atoms with Crippen LogP contribution < -0.4 is 5.32 Å². The number of carbonyl (C=O) groups excluding carboxylic acids is 1. The van der Waals surface area contributed by atoms with Crippen LogP contribution in [0.4, 0.5) is 5.69 Å². The largest absolute Gasteiger partial charge is 0.340 e. The number of aromatic nitrogens is 2. The fraction of sp³-hybridized carbons (Fsp3) is 0.333. The lowest BCUT2D eigenvalue weighted by atomic mass is 9.93. The molecule has 2 aromatic rings. The zero-order chi connectivity index (χ0) is 14.1. The Labute approximate surface area is 122 Å². The van der Waals surface area contributed by atoms with Gasteiger partial charge in [0.05, 0.1) is 5.69 Å². The molecule has 0 atom stereocenters. The van der Waals surface area contributed by atoms with Crippen molar-refractivity contribution in [2.24, 2.45) is 0 Å². The summed E-state index contributed by atoms with van der Waals surface area (Å²) in [5.74, 6) is -0.142. The number of halogens is 1. The van der Waals surface area contributed by atoms with Crippen LogP contribution in [0.25, 0.3) is 0 Å². The normalized spacial score (nSPS) is 14.9. The summed E-state index contributed by atoms with van der Waals surface area (Å²) in [4.78, 5) is 16.4. The number of hydrogen-bond acceptors (Lipinski definition) is 2. The van der Waals surface area contributed by atoms with E-state index in [1.165, 1.54) is 6.42 Å². The van der Waals surface area contributed by atoms with Crippen LogP contribution in [0.5, 0.6) is 0 Å². The lowest BCUT2D eigenvalue weighted by Gasteiger charge is -2.28. The van der Waals surface area contributed by atoms with Crippen molar-refractivity contribution >= 4 is 23.2 Å². The van der Waals surface area contributed by atoms with Gasteiger partial charge in [-0.25, -0.2) is 4.98 Å². The molecule has 1 saturated carbocycles. The van der Waals surface area contributed by atoms with Crippen molar-refractivity contribution in [1.29, 1.82) is 0 Å². The van der Waals surface area contributed by atoms with Crippen molar-refractivity contribution in [3.05, 3.63) is 47.0 Å². The van der Waals surface area contributed by atoms with Gasteiger partial charge in [-0.2, -0.15) is 0 Å². The summed E-state index contributed by atoms with van der Waals surface area (Å²) in [6, 6.07) is 6.02. The quantitative estimate of drug-likeness (QED) is 0.873. The first kappa shape index (κ1) is 13.2. The van der Waals surface area contributed by atoms with Gasteiger partial charge >= 0.3 is 0 Å². The van der Waals surface area contributed by atoms with E-state index in [4.69, 9.17) is 11.6 Å². The van der Waals surface area contributed by atoms with Gasteiger partial charge in [-0.3, -0.25) is 4.79 Å². The summed E-state index contributed by atoms with van der Waals surface area (Å²) in [6.45, 7) is 1.91. The molecule has 0 aliphatic heterocycles. The molecule has 3 rings (SSSR count). The average Bonchev–Trinajstić information content (AvgIpc) is 2.80. The highest BCUT2D eigenvalue weighted by molar-refractivity contribution is 6.32. The molecule has 4 nitrogen and oxygen atoms in total. The number of hydrogen-bond donors (Lipinski definition) is 1. The second-order valence-electron chi connectivity index (χ2n) is 5.19. The molecule has 1 N–H and O–H groups in total. The molecule has 5 heteroatoms. The molecule has 1 amide bonds. The third-order valence-corrected chi connectivity index (χ3v) is 4.00. The van der Waals surface area contributed by atoms with Gasteiger partial charge in [0.2, 0.25) is 0 Å². The van der Waals surface area contributed by atoms with E-state index in [0.29, 0.717) is 22.6 Å². The number of carbonyl (C=O) groups is 1. The first-order valence-corrected chi connectivity index (χ1v) is 7.13. The Hall–Kier alpha value is -1.81. The van der Waals surface area contributed by atoms with Gasteiger partial charge in [0, 0.05) is 18.4 Å². The number of amides is 1. The minimum atomic E-state index is -0.142. The Bertz CT molecular complexity index is 646. The average molecular weight is 290 g/mol. The first-order chi connectivity index (χ1) is 9.65. The summed E-state index contributed by atoms with van der Waals surface area (Å²) in [7, 11) is 0. The predicted molar refractivity (Wildman–Crippen MR) is 79.3 cm³/mol. The van der Waals surface area contributed by atoms with Crippen molar-refractivity contribution in [3.8, 4) is 0 Å². The predicted octanol–water partition coefficient (Wildman–Crippen LogP) is 3.82. The Morgan fingerprint density at radius 3 is 3.00 bits per heavy atom. The first-order valence-electron chi connectivity index (χ1n) is 6.75. The van der Waals surface area contributed by atoms with Crippen LogP contribution in [0.1, 0.15) is 41.4 Å². The molecule has 0 saturated heterocycles. The van der Waals surface area contributed by atoms with E-state index < -0.39 is 0 Å². The number of aryl methyl sites for hydroxylation is 1. The van der Waals surface area contributed by atoms with Gasteiger partial charge in [0.15, 0.2) is 5.15 Å². The van der Waals surface area contributed by atoms with Crippen LogP contribution in [0, 0.1) is 6.92 Å². The Kier molecular flexibility index (Phi) is 3.49. The molecule has 0 bridgehead atoms. The number of nitrogens with one attached hydrogen (secondary N) is 1. The highest BCUT2D eigenvalue weighted by Crippen LogP contribution is 2.33. The Morgan fingerprint density at radius 2 is 2.30 bits per heavy atom. The van der Waals surface area contributed by atoms with E-state index in [2.05, 4.69) is 14.9 Å². The standard InChI is InChI=1S/C15H16ClN3O/c1-10-8-12(14(16)17-9-10)18-15(20)13-6-3-7-19(13)11-4-2-5-11/h3,6-9,11H,2,4-5H2,1H3,(H,18,20). The van der Waals surface area contributed by atoms with E-state index in [0.717, 1.165) is 18.4 Å². The third-order valence-electron chi connectivity index (χ3n) is 3.70. The van der Waals surface area contributed by atoms with E-state index >= 15 is 0 Å². The zero-order valence-electron chi connectivity index (χ0n) is 11.3. The summed E-state index contributed by atoms with van der Waals surface area (Å²) < 4.78 is 2.05. The van der Waals surface area contributed by atoms with Gasteiger partial charge in [-0.15, -0.1) is 0 Å². The molecule has 20 heavy (non-hydrogen) atoms. The lowest BCUT2D eigenvalue weighted by Crippen LogP contribution is -2.23. The van der Waals surface area contributed by atoms with Crippen molar-refractivity contribution in [2.75, 3.05) is 5.32 Å². The van der Waals surface area contributed by atoms with E-state index in [-0.39, 0.29) is 5.91 Å². The van der Waals surface area contributed by atoms with Crippen LogP contribution in [-0.2, 0) is 0 Å². The topological polar surface area (TPSA) is 46.9 Å². The molecule has 1 fully saturated rings. The van der Waals surface area contributed by atoms with E-state index in [1.807, 2.05) is 31.3 Å². The van der Waals surface area contributed by atoms with Gasteiger partial charge in [-0.05, 0) is 49.9 Å². The second-order valence-corrected chi connectivity index (χ2v) is 5.55. The molecular formula is C15H16ClN3O. The lowest BCUT2D eigenvalue weighted by molar-refractivity contribution is 0.101. The van der Waals surface area contributed by atoms with Crippen molar-refractivity contribution < 1.29 is 4.79 Å². The molecule has 1 aliphatic carbocycles. The van der Waals surface area contributed by atoms with Gasteiger partial charge in [0.25, 0.3) is 5.91 Å². The van der Waals surface area contributed by atoms with Gasteiger partial charge < -0.3 is 9.88 Å². The maximum Gasteiger partial charge on any atom is 0.272 e. The Morgan fingerprint density at radius 1 is 1.50 bits per heavy atom. The number of pyridine rings is 1. The molecule has 0 unspecified atom stereocenters. The van der Waals surface area contributed by atoms with E-state index in [9.17, 15) is 4.79 Å². The molecule has 1 aliphatic rings. The highest BCUT2D eigenvalue weighted by atomic mass is 35.5. The van der Waals surface area contributed by atoms with Crippen molar-refractivity contribution in [2.45, 2.75) is 32.2 Å². The monoisotopic (exact) mass is 289 g/mol. The minimum Gasteiger partial charge on any atom is -0.340 e. The fourth-order valence-corrected chi connectivity index (χ4v) is 2.55. The summed E-state index contributed by atoms with van der Waals surface area (Å²) in [5.41, 5.74) is 2.18. The van der Waals surface area contributed by atoms with E-state index in [1.54, 1.807) is 6.20 Å². The molecule has 0 spiro atoms. The smallest absolute Gasteiger partial charge is 0.272 e. The molecule has 0 radical (unpaired) electrons. The third kappa shape index (κ3) is 2.43. The fourth-order valence-electron chi connectivity index (χ4n) is 2.40. The van der Waals surface area contributed by atoms with Gasteiger partial charge in [-0.1, -0.05) is 11.6 Å². The summed E-state index contributed by atoms with van der Waals surface area (Å²) in [5, 5.41) is 3.15. The molecule has 104 valence electrons. The van der Waals surface area contributed by atoms with Crippen LogP contribution in [0.2, 0.25) is 5.15 Å². The second kappa shape index (κ2) is 5.29. The SMILES string of the molecule is Cc1cnc(Cl)c(NC(=O)c2cccn2C2CCC2)c1. The van der Waals surface area contributed by atoms with Gasteiger partial charge in [0.1, 0.15) is 5.69 Å². The molecule has 2 heterocycles. The van der Waals surface area contributed by atoms with Crippen molar-refractivity contribution in [3.63, 3.8) is 0 Å². The zero-order valence-corrected chi connectivity index (χ0v) is 12.0. The van der Waals surface area contributed by atoms with Crippen LogP contribution in [0.15, 0.2) is 30.6 Å². The number of rotatable bonds is 3. The summed E-state index contributed by atoms with van der Waals surface area (Å²) in [6.07, 6.45) is 7.16. The summed E-state index contributed by atoms with van der Waals surface area (Å²) >= 11 is 6.01. The van der Waals surface area contributed by atoms with Crippen LogP contribution in [-0.4, -0.2) is 15.5 Å². The van der Waals surface area contributed by atoms with Crippen molar-refractivity contribution in [1.82, 2.24) is 9.55 Å². The molecule has 2 aromatic heterocycles. The maximum atomic E-state index is 12.4. The van der Waals surface area contributed by atoms with Crippen LogP contribution in [0.3, 0.4) is 0 Å². The molecular weight excluding hydrogens is 274 g/mol.